The third-order valence-electron chi connectivity index (χ3n) is 3.64. The molecule has 2 aromatic rings. The molecule has 106 valence electrons. The van der Waals surface area contributed by atoms with Crippen LogP contribution >= 0.6 is 11.6 Å². The Balaban J connectivity index is 2.19. The van der Waals surface area contributed by atoms with Gasteiger partial charge >= 0.3 is 0 Å². The highest BCUT2D eigenvalue weighted by molar-refractivity contribution is 6.30. The Morgan fingerprint density at radius 2 is 1.75 bits per heavy atom. The fourth-order valence-electron chi connectivity index (χ4n) is 2.34. The molecule has 0 aliphatic rings. The van der Waals surface area contributed by atoms with E-state index in [1.807, 2.05) is 31.2 Å². The molecular weight excluding hydrogens is 268 g/mol. The van der Waals surface area contributed by atoms with Crippen molar-refractivity contribution in [2.45, 2.75) is 38.7 Å². The van der Waals surface area contributed by atoms with E-state index in [2.05, 4.69) is 38.1 Å². The Hall–Kier alpha value is -1.31. The first-order valence-corrected chi connectivity index (χ1v) is 7.33. The van der Waals surface area contributed by atoms with Crippen LogP contribution in [-0.2, 0) is 12.0 Å². The summed E-state index contributed by atoms with van der Waals surface area (Å²) >= 11 is 6.00. The summed E-state index contributed by atoms with van der Waals surface area (Å²) in [5.74, 6) is 0.525. The first-order valence-electron chi connectivity index (χ1n) is 6.96. The van der Waals surface area contributed by atoms with Crippen molar-refractivity contribution in [2.24, 2.45) is 0 Å². The predicted molar refractivity (Wildman–Crippen MR) is 85.3 cm³/mol. The number of halogens is 1. The number of hydrogen-bond acceptors (Lipinski definition) is 1. The molecule has 0 unspecified atom stereocenters. The molecule has 0 fully saturated rings. The van der Waals surface area contributed by atoms with Gasteiger partial charge < -0.3 is 5.11 Å². The van der Waals surface area contributed by atoms with E-state index in [0.717, 1.165) is 11.1 Å². The van der Waals surface area contributed by atoms with Gasteiger partial charge in [-0.2, -0.15) is 0 Å². The molecule has 0 aliphatic carbocycles. The number of benzene rings is 2. The van der Waals surface area contributed by atoms with Crippen molar-refractivity contribution in [3.8, 4) is 0 Å². The second-order valence-electron chi connectivity index (χ2n) is 5.86. The number of hydrogen-bond donors (Lipinski definition) is 1. The molecule has 0 aromatic heterocycles. The lowest BCUT2D eigenvalue weighted by atomic mass is 9.88. The fourth-order valence-corrected chi connectivity index (χ4v) is 2.53. The van der Waals surface area contributed by atoms with Crippen molar-refractivity contribution >= 4 is 11.6 Å². The second-order valence-corrected chi connectivity index (χ2v) is 6.29. The van der Waals surface area contributed by atoms with Gasteiger partial charge in [-0.25, -0.2) is 0 Å². The summed E-state index contributed by atoms with van der Waals surface area (Å²) in [4.78, 5) is 0. The summed E-state index contributed by atoms with van der Waals surface area (Å²) < 4.78 is 0. The van der Waals surface area contributed by atoms with Gasteiger partial charge in [-0.15, -0.1) is 0 Å². The maximum Gasteiger partial charge on any atom is 0.0909 e. The van der Waals surface area contributed by atoms with Crippen molar-refractivity contribution in [1.29, 1.82) is 0 Å². The van der Waals surface area contributed by atoms with Gasteiger partial charge in [0.2, 0.25) is 0 Å². The van der Waals surface area contributed by atoms with Gasteiger partial charge in [0, 0.05) is 11.4 Å². The minimum Gasteiger partial charge on any atom is -0.385 e. The Morgan fingerprint density at radius 3 is 2.30 bits per heavy atom. The average Bonchev–Trinajstić information content (AvgIpc) is 2.39. The Kier molecular flexibility index (Phi) is 4.52. The topological polar surface area (TPSA) is 20.2 Å². The molecule has 0 bridgehead atoms. The van der Waals surface area contributed by atoms with Crippen LogP contribution in [0.4, 0.5) is 0 Å². The summed E-state index contributed by atoms with van der Waals surface area (Å²) in [6.07, 6.45) is 0.575. The Morgan fingerprint density at radius 1 is 1.10 bits per heavy atom. The van der Waals surface area contributed by atoms with Crippen LogP contribution in [0.15, 0.2) is 48.5 Å². The predicted octanol–water partition coefficient (Wildman–Crippen LogP) is 4.91. The van der Waals surface area contributed by atoms with Gasteiger partial charge in [-0.1, -0.05) is 61.8 Å². The molecule has 1 atom stereocenters. The van der Waals surface area contributed by atoms with E-state index in [1.54, 1.807) is 0 Å². The number of rotatable bonds is 4. The smallest absolute Gasteiger partial charge is 0.0909 e. The van der Waals surface area contributed by atoms with Crippen LogP contribution in [0.3, 0.4) is 0 Å². The molecule has 2 aromatic carbocycles. The second kappa shape index (κ2) is 5.99. The van der Waals surface area contributed by atoms with Crippen LogP contribution in [0.2, 0.25) is 5.02 Å². The minimum atomic E-state index is -0.912. The fraction of sp³-hybridized carbons (Fsp3) is 0.333. The highest BCUT2D eigenvalue weighted by atomic mass is 35.5. The molecule has 2 rings (SSSR count). The van der Waals surface area contributed by atoms with Crippen LogP contribution in [0.5, 0.6) is 0 Å². The van der Waals surface area contributed by atoms with Crippen molar-refractivity contribution in [1.82, 2.24) is 0 Å². The zero-order valence-corrected chi connectivity index (χ0v) is 13.0. The van der Waals surface area contributed by atoms with Gasteiger partial charge in [0.25, 0.3) is 0 Å². The van der Waals surface area contributed by atoms with E-state index < -0.39 is 5.60 Å². The van der Waals surface area contributed by atoms with Gasteiger partial charge in [0.05, 0.1) is 5.60 Å². The maximum absolute atomic E-state index is 10.7. The number of aliphatic hydroxyl groups is 1. The van der Waals surface area contributed by atoms with Crippen molar-refractivity contribution < 1.29 is 5.11 Å². The highest BCUT2D eigenvalue weighted by Gasteiger charge is 2.23. The summed E-state index contributed by atoms with van der Waals surface area (Å²) in [7, 11) is 0. The Bertz CT molecular complexity index is 570. The van der Waals surface area contributed by atoms with Crippen LogP contribution in [0, 0.1) is 0 Å². The minimum absolute atomic E-state index is 0.525. The van der Waals surface area contributed by atoms with Gasteiger partial charge in [-0.3, -0.25) is 0 Å². The van der Waals surface area contributed by atoms with Crippen LogP contribution < -0.4 is 0 Å². The van der Waals surface area contributed by atoms with E-state index >= 15 is 0 Å². The van der Waals surface area contributed by atoms with Crippen LogP contribution in [0.1, 0.15) is 43.4 Å². The molecule has 0 saturated carbocycles. The molecule has 0 saturated heterocycles. The van der Waals surface area contributed by atoms with E-state index in [4.69, 9.17) is 11.6 Å². The monoisotopic (exact) mass is 288 g/mol. The van der Waals surface area contributed by atoms with E-state index in [1.165, 1.54) is 5.56 Å². The molecule has 0 amide bonds. The van der Waals surface area contributed by atoms with Gasteiger partial charge in [-0.05, 0) is 41.7 Å². The van der Waals surface area contributed by atoms with Crippen LogP contribution in [0.25, 0.3) is 0 Å². The van der Waals surface area contributed by atoms with E-state index in [9.17, 15) is 5.11 Å². The SMILES string of the molecule is CC(C)c1ccc(C[C@@](C)(O)c2cccc(Cl)c2)cc1. The third kappa shape index (κ3) is 3.62. The third-order valence-corrected chi connectivity index (χ3v) is 3.88. The molecule has 0 heterocycles. The molecule has 0 aliphatic heterocycles. The average molecular weight is 289 g/mol. The summed E-state index contributed by atoms with van der Waals surface area (Å²) in [5.41, 5.74) is 2.37. The zero-order valence-electron chi connectivity index (χ0n) is 12.2. The first kappa shape index (κ1) is 15.1. The van der Waals surface area contributed by atoms with E-state index in [-0.39, 0.29) is 0 Å². The molecule has 1 nitrogen and oxygen atoms in total. The van der Waals surface area contributed by atoms with E-state index in [0.29, 0.717) is 17.4 Å². The Labute approximate surface area is 126 Å². The summed E-state index contributed by atoms with van der Waals surface area (Å²) in [5, 5.41) is 11.3. The standard InChI is InChI=1S/C18H21ClO/c1-13(2)15-9-7-14(8-10-15)12-18(3,20)16-5-4-6-17(19)11-16/h4-11,13,20H,12H2,1-3H3/t18-/m1/s1. The summed E-state index contributed by atoms with van der Waals surface area (Å²) in [6.45, 7) is 6.18. The zero-order chi connectivity index (χ0) is 14.8. The lowest BCUT2D eigenvalue weighted by Crippen LogP contribution is -2.24. The molecular formula is C18H21ClO. The molecule has 0 radical (unpaired) electrons. The first-order chi connectivity index (χ1) is 9.38. The maximum atomic E-state index is 10.7. The lowest BCUT2D eigenvalue weighted by Gasteiger charge is -2.24. The molecule has 20 heavy (non-hydrogen) atoms. The van der Waals surface area contributed by atoms with Gasteiger partial charge in [0.15, 0.2) is 0 Å². The lowest BCUT2D eigenvalue weighted by molar-refractivity contribution is 0.0576. The van der Waals surface area contributed by atoms with Crippen molar-refractivity contribution in [3.63, 3.8) is 0 Å². The summed E-state index contributed by atoms with van der Waals surface area (Å²) in [6, 6.07) is 15.9. The highest BCUT2D eigenvalue weighted by Crippen LogP contribution is 2.27. The molecule has 1 N–H and O–H groups in total. The molecule has 0 spiro atoms. The normalized spacial score (nSPS) is 14.3. The van der Waals surface area contributed by atoms with Crippen LogP contribution in [-0.4, -0.2) is 5.11 Å². The van der Waals surface area contributed by atoms with Crippen molar-refractivity contribution in [2.75, 3.05) is 0 Å². The quantitative estimate of drug-likeness (QED) is 0.847. The largest absolute Gasteiger partial charge is 0.385 e. The van der Waals surface area contributed by atoms with Gasteiger partial charge in [0.1, 0.15) is 0 Å². The molecule has 2 heteroatoms. The van der Waals surface area contributed by atoms with Crippen molar-refractivity contribution in [3.05, 3.63) is 70.2 Å².